The third kappa shape index (κ3) is 4.86. The number of rotatable bonds is 4. The van der Waals surface area contributed by atoms with Crippen molar-refractivity contribution in [1.82, 2.24) is 5.32 Å². The maximum absolute atomic E-state index is 5.22. The summed E-state index contributed by atoms with van der Waals surface area (Å²) in [7, 11) is 0. The van der Waals surface area contributed by atoms with Crippen molar-refractivity contribution in [3.05, 3.63) is 30.3 Å². The standard InChI is InChI=1S/C12H18N2S2/c1-12(2,16-3)9-13-11(15)14-10-7-5-4-6-8-10/h4-8H,9H2,1-3H3,(H2,13,14,15). The Labute approximate surface area is 107 Å². The van der Waals surface area contributed by atoms with Crippen LogP contribution in [0.4, 0.5) is 5.69 Å². The van der Waals surface area contributed by atoms with E-state index in [1.54, 1.807) is 0 Å². The summed E-state index contributed by atoms with van der Waals surface area (Å²) in [6, 6.07) is 9.94. The predicted molar refractivity (Wildman–Crippen MR) is 78.3 cm³/mol. The molecule has 0 aliphatic rings. The molecule has 0 atom stereocenters. The largest absolute Gasteiger partial charge is 0.361 e. The molecular formula is C12H18N2S2. The summed E-state index contributed by atoms with van der Waals surface area (Å²) in [5, 5.41) is 7.05. The van der Waals surface area contributed by atoms with E-state index in [1.807, 2.05) is 42.1 Å². The molecule has 1 rings (SSSR count). The smallest absolute Gasteiger partial charge is 0.170 e. The lowest BCUT2D eigenvalue weighted by atomic mass is 10.2. The van der Waals surface area contributed by atoms with Crippen molar-refractivity contribution < 1.29 is 0 Å². The quantitative estimate of drug-likeness (QED) is 0.806. The van der Waals surface area contributed by atoms with E-state index in [-0.39, 0.29) is 4.75 Å². The van der Waals surface area contributed by atoms with Gasteiger partial charge in [0.2, 0.25) is 0 Å². The molecule has 0 heterocycles. The van der Waals surface area contributed by atoms with Crippen molar-refractivity contribution in [2.75, 3.05) is 18.1 Å². The average Bonchev–Trinajstić information content (AvgIpc) is 2.28. The van der Waals surface area contributed by atoms with Gasteiger partial charge in [0.05, 0.1) is 0 Å². The molecule has 0 bridgehead atoms. The molecule has 0 fully saturated rings. The lowest BCUT2D eigenvalue weighted by Crippen LogP contribution is -2.38. The second kappa shape index (κ2) is 6.11. The Balaban J connectivity index is 2.38. The average molecular weight is 254 g/mol. The third-order valence-electron chi connectivity index (χ3n) is 2.26. The Hall–Kier alpha value is -0.740. The SMILES string of the molecule is CSC(C)(C)CNC(=S)Nc1ccccc1. The van der Waals surface area contributed by atoms with Crippen molar-refractivity contribution in [3.63, 3.8) is 0 Å². The second-order valence-corrected chi connectivity index (χ2v) is 6.06. The van der Waals surface area contributed by atoms with E-state index >= 15 is 0 Å². The number of thiocarbonyl (C=S) groups is 1. The minimum absolute atomic E-state index is 0.197. The van der Waals surface area contributed by atoms with Crippen molar-refractivity contribution in [2.24, 2.45) is 0 Å². The Morgan fingerprint density at radius 3 is 2.50 bits per heavy atom. The molecular weight excluding hydrogens is 236 g/mol. The molecule has 0 spiro atoms. The number of thioether (sulfide) groups is 1. The fourth-order valence-electron chi connectivity index (χ4n) is 1.06. The summed E-state index contributed by atoms with van der Waals surface area (Å²) in [4.78, 5) is 0. The van der Waals surface area contributed by atoms with Gasteiger partial charge in [-0.15, -0.1) is 0 Å². The fourth-order valence-corrected chi connectivity index (χ4v) is 1.47. The first-order valence-corrected chi connectivity index (χ1v) is 6.82. The zero-order valence-corrected chi connectivity index (χ0v) is 11.5. The van der Waals surface area contributed by atoms with Crippen LogP contribution in [0.15, 0.2) is 30.3 Å². The van der Waals surface area contributed by atoms with Gasteiger partial charge in [0.1, 0.15) is 0 Å². The highest BCUT2D eigenvalue weighted by atomic mass is 32.2. The van der Waals surface area contributed by atoms with Gasteiger partial charge in [-0.05, 0) is 44.5 Å². The monoisotopic (exact) mass is 254 g/mol. The van der Waals surface area contributed by atoms with Crippen molar-refractivity contribution in [1.29, 1.82) is 0 Å². The van der Waals surface area contributed by atoms with E-state index in [1.165, 1.54) is 0 Å². The van der Waals surface area contributed by atoms with Gasteiger partial charge in [0.15, 0.2) is 5.11 Å². The Morgan fingerprint density at radius 2 is 1.94 bits per heavy atom. The molecule has 88 valence electrons. The highest BCUT2D eigenvalue weighted by Crippen LogP contribution is 2.19. The molecule has 0 aromatic heterocycles. The topological polar surface area (TPSA) is 24.1 Å². The number of nitrogens with one attached hydrogen (secondary N) is 2. The van der Waals surface area contributed by atoms with Crippen LogP contribution in [-0.4, -0.2) is 22.7 Å². The lowest BCUT2D eigenvalue weighted by molar-refractivity contribution is 0.682. The molecule has 0 unspecified atom stereocenters. The summed E-state index contributed by atoms with van der Waals surface area (Å²) >= 11 is 7.05. The van der Waals surface area contributed by atoms with Crippen molar-refractivity contribution in [3.8, 4) is 0 Å². The molecule has 2 N–H and O–H groups in total. The number of anilines is 1. The zero-order chi connectivity index (χ0) is 12.0. The molecule has 2 nitrogen and oxygen atoms in total. The predicted octanol–water partition coefficient (Wildman–Crippen LogP) is 3.11. The molecule has 0 radical (unpaired) electrons. The Morgan fingerprint density at radius 1 is 1.31 bits per heavy atom. The number of benzene rings is 1. The molecule has 1 aromatic carbocycles. The van der Waals surface area contributed by atoms with Gasteiger partial charge >= 0.3 is 0 Å². The van der Waals surface area contributed by atoms with Gasteiger partial charge in [-0.1, -0.05) is 18.2 Å². The van der Waals surface area contributed by atoms with Crippen molar-refractivity contribution >= 4 is 34.8 Å². The van der Waals surface area contributed by atoms with Gasteiger partial charge in [-0.3, -0.25) is 0 Å². The van der Waals surface area contributed by atoms with E-state index in [0.29, 0.717) is 5.11 Å². The number of hydrogen-bond acceptors (Lipinski definition) is 2. The Kier molecular flexibility index (Phi) is 5.09. The van der Waals surface area contributed by atoms with Gasteiger partial charge in [0.25, 0.3) is 0 Å². The highest BCUT2D eigenvalue weighted by molar-refractivity contribution is 7.99. The van der Waals surface area contributed by atoms with E-state index in [4.69, 9.17) is 12.2 Å². The van der Waals surface area contributed by atoms with Gasteiger partial charge in [-0.2, -0.15) is 11.8 Å². The molecule has 4 heteroatoms. The first-order valence-electron chi connectivity index (χ1n) is 5.18. The lowest BCUT2D eigenvalue weighted by Gasteiger charge is -2.23. The van der Waals surface area contributed by atoms with Crippen LogP contribution < -0.4 is 10.6 Å². The summed E-state index contributed by atoms with van der Waals surface area (Å²) in [5.74, 6) is 0. The van der Waals surface area contributed by atoms with Gasteiger partial charge in [0, 0.05) is 17.0 Å². The van der Waals surface area contributed by atoms with Gasteiger partial charge < -0.3 is 10.6 Å². The summed E-state index contributed by atoms with van der Waals surface area (Å²) in [6.07, 6.45) is 2.11. The first-order chi connectivity index (χ1) is 7.53. The molecule has 0 saturated carbocycles. The molecule has 0 amide bonds. The van der Waals surface area contributed by atoms with Crippen LogP contribution in [0.5, 0.6) is 0 Å². The summed E-state index contributed by atoms with van der Waals surface area (Å²) in [5.41, 5.74) is 1.02. The van der Waals surface area contributed by atoms with Crippen LogP contribution in [-0.2, 0) is 0 Å². The molecule has 0 saturated heterocycles. The zero-order valence-electron chi connectivity index (χ0n) is 9.91. The van der Waals surface area contributed by atoms with Crippen LogP contribution in [0, 0.1) is 0 Å². The van der Waals surface area contributed by atoms with Crippen LogP contribution in [0.2, 0.25) is 0 Å². The molecule has 1 aromatic rings. The third-order valence-corrected chi connectivity index (χ3v) is 3.75. The minimum Gasteiger partial charge on any atom is -0.361 e. The fraction of sp³-hybridized carbons (Fsp3) is 0.417. The first kappa shape index (κ1) is 13.3. The summed E-state index contributed by atoms with van der Waals surface area (Å²) < 4.78 is 0.197. The van der Waals surface area contributed by atoms with E-state index in [2.05, 4.69) is 30.7 Å². The second-order valence-electron chi connectivity index (χ2n) is 4.14. The minimum atomic E-state index is 0.197. The molecule has 0 aliphatic heterocycles. The summed E-state index contributed by atoms with van der Waals surface area (Å²) in [6.45, 7) is 5.23. The normalized spacial score (nSPS) is 10.9. The maximum atomic E-state index is 5.22. The Bertz CT molecular complexity index is 336. The van der Waals surface area contributed by atoms with Crippen LogP contribution in [0.1, 0.15) is 13.8 Å². The van der Waals surface area contributed by atoms with E-state index < -0.39 is 0 Å². The van der Waals surface area contributed by atoms with Gasteiger partial charge in [-0.25, -0.2) is 0 Å². The van der Waals surface area contributed by atoms with E-state index in [9.17, 15) is 0 Å². The molecule has 16 heavy (non-hydrogen) atoms. The molecule has 0 aliphatic carbocycles. The van der Waals surface area contributed by atoms with Crippen LogP contribution >= 0.6 is 24.0 Å². The van der Waals surface area contributed by atoms with E-state index in [0.717, 1.165) is 12.2 Å². The highest BCUT2D eigenvalue weighted by Gasteiger charge is 2.15. The number of hydrogen-bond donors (Lipinski definition) is 2. The van der Waals surface area contributed by atoms with Crippen LogP contribution in [0.25, 0.3) is 0 Å². The van der Waals surface area contributed by atoms with Crippen LogP contribution in [0.3, 0.4) is 0 Å². The number of para-hydroxylation sites is 1. The maximum Gasteiger partial charge on any atom is 0.170 e. The van der Waals surface area contributed by atoms with Crippen molar-refractivity contribution in [2.45, 2.75) is 18.6 Å².